The summed E-state index contributed by atoms with van der Waals surface area (Å²) in [6, 6.07) is 20.8. The van der Waals surface area contributed by atoms with Gasteiger partial charge in [-0.15, -0.1) is 0 Å². The van der Waals surface area contributed by atoms with Gasteiger partial charge in [0, 0.05) is 29.9 Å². The molecule has 1 heterocycles. The van der Waals surface area contributed by atoms with Crippen LogP contribution < -0.4 is 10.3 Å². The zero-order chi connectivity index (χ0) is 21.8. The normalized spacial score (nSPS) is 14.3. The van der Waals surface area contributed by atoms with Crippen molar-refractivity contribution < 1.29 is 9.18 Å². The number of amides is 1. The molecule has 7 heteroatoms. The topological polar surface area (TPSA) is 44.4 Å². The molecule has 1 fully saturated rings. The molecule has 4 rings (SSSR count). The van der Waals surface area contributed by atoms with E-state index in [0.717, 1.165) is 35.8 Å². The summed E-state index contributed by atoms with van der Waals surface area (Å²) in [5.74, 6) is -0.985. The zero-order valence-electron chi connectivity index (χ0n) is 17.1. The summed E-state index contributed by atoms with van der Waals surface area (Å²) < 4.78 is 14.6. The SMILES string of the molecule is Cc1cc(-c2ccccc2)cc(C(=O)NNSC2CN(Cc3cccc(Cl)c3)C2)c1F. The van der Waals surface area contributed by atoms with E-state index in [9.17, 15) is 9.18 Å². The number of nitrogens with zero attached hydrogens (tertiary/aromatic N) is 1. The molecular formula is C24H23ClFN3OS. The second-order valence-corrected chi connectivity index (χ2v) is 9.18. The van der Waals surface area contributed by atoms with Crippen LogP contribution in [0.15, 0.2) is 66.7 Å². The quantitative estimate of drug-likeness (QED) is 0.378. The molecule has 1 aliphatic heterocycles. The highest BCUT2D eigenvalue weighted by Gasteiger charge is 2.27. The van der Waals surface area contributed by atoms with Gasteiger partial charge in [0.1, 0.15) is 5.82 Å². The summed E-state index contributed by atoms with van der Waals surface area (Å²) in [6.45, 7) is 4.32. The van der Waals surface area contributed by atoms with Gasteiger partial charge in [0.25, 0.3) is 5.91 Å². The summed E-state index contributed by atoms with van der Waals surface area (Å²) in [5, 5.41) is 1.09. The van der Waals surface area contributed by atoms with Crippen LogP contribution in [0.1, 0.15) is 21.5 Å². The molecule has 0 bridgehead atoms. The van der Waals surface area contributed by atoms with Crippen molar-refractivity contribution in [3.8, 4) is 11.1 Å². The van der Waals surface area contributed by atoms with E-state index in [4.69, 9.17) is 11.6 Å². The van der Waals surface area contributed by atoms with Crippen LogP contribution in [0, 0.1) is 12.7 Å². The Bertz CT molecular complexity index is 1070. The summed E-state index contributed by atoms with van der Waals surface area (Å²) in [7, 11) is 0. The Kier molecular flexibility index (Phi) is 6.92. The predicted molar refractivity (Wildman–Crippen MR) is 125 cm³/mol. The standard InChI is InChI=1S/C24H23ClFN3OS/c1-16-10-19(18-7-3-2-4-8-18)12-22(23(16)26)24(30)27-28-31-21-14-29(15-21)13-17-6-5-9-20(25)11-17/h2-12,21,28H,13-15H2,1H3,(H,27,30). The number of benzene rings is 3. The molecule has 4 nitrogen and oxygen atoms in total. The highest BCUT2D eigenvalue weighted by atomic mass is 35.5. The van der Waals surface area contributed by atoms with Crippen molar-refractivity contribution in [2.75, 3.05) is 13.1 Å². The molecule has 31 heavy (non-hydrogen) atoms. The molecule has 160 valence electrons. The van der Waals surface area contributed by atoms with Crippen molar-refractivity contribution in [3.63, 3.8) is 0 Å². The third-order valence-electron chi connectivity index (χ3n) is 5.22. The number of hydrogen-bond donors (Lipinski definition) is 2. The predicted octanol–water partition coefficient (Wildman–Crippen LogP) is 5.22. The molecule has 0 unspecified atom stereocenters. The van der Waals surface area contributed by atoms with E-state index in [1.165, 1.54) is 17.5 Å². The van der Waals surface area contributed by atoms with Crippen LogP contribution in [-0.4, -0.2) is 29.1 Å². The number of hydrogen-bond acceptors (Lipinski definition) is 4. The van der Waals surface area contributed by atoms with Crippen molar-refractivity contribution in [1.82, 2.24) is 15.2 Å². The average Bonchev–Trinajstić information content (AvgIpc) is 2.74. The maximum atomic E-state index is 14.6. The Morgan fingerprint density at radius 3 is 2.61 bits per heavy atom. The van der Waals surface area contributed by atoms with Gasteiger partial charge in [-0.3, -0.25) is 15.1 Å². The zero-order valence-corrected chi connectivity index (χ0v) is 18.6. The van der Waals surface area contributed by atoms with Crippen molar-refractivity contribution >= 4 is 29.5 Å². The minimum absolute atomic E-state index is 0.0307. The maximum absolute atomic E-state index is 14.6. The van der Waals surface area contributed by atoms with E-state index in [1.807, 2.05) is 48.5 Å². The van der Waals surface area contributed by atoms with Crippen molar-refractivity contribution in [1.29, 1.82) is 0 Å². The Hall–Kier alpha value is -2.38. The first-order chi connectivity index (χ1) is 15.0. The monoisotopic (exact) mass is 455 g/mol. The minimum Gasteiger partial charge on any atom is -0.297 e. The number of aryl methyl sites for hydroxylation is 1. The molecular weight excluding hydrogens is 433 g/mol. The van der Waals surface area contributed by atoms with Gasteiger partial charge in [0.2, 0.25) is 0 Å². The van der Waals surface area contributed by atoms with E-state index in [0.29, 0.717) is 10.8 Å². The van der Waals surface area contributed by atoms with Crippen LogP contribution in [0.4, 0.5) is 4.39 Å². The lowest BCUT2D eigenvalue weighted by Crippen LogP contribution is -2.50. The Balaban J connectivity index is 1.28. The van der Waals surface area contributed by atoms with Gasteiger partial charge in [-0.25, -0.2) is 4.39 Å². The second kappa shape index (κ2) is 9.83. The van der Waals surface area contributed by atoms with Crippen molar-refractivity contribution in [3.05, 3.63) is 94.3 Å². The molecule has 0 aliphatic carbocycles. The molecule has 3 aromatic rings. The van der Waals surface area contributed by atoms with Crippen LogP contribution in [0.2, 0.25) is 5.02 Å². The number of rotatable bonds is 7. The van der Waals surface area contributed by atoms with E-state index in [-0.39, 0.29) is 5.56 Å². The van der Waals surface area contributed by atoms with E-state index >= 15 is 0 Å². The molecule has 0 atom stereocenters. The van der Waals surface area contributed by atoms with Crippen molar-refractivity contribution in [2.45, 2.75) is 18.7 Å². The number of carbonyl (C=O) groups excluding carboxylic acids is 1. The van der Waals surface area contributed by atoms with Gasteiger partial charge in [-0.05, 0) is 53.4 Å². The van der Waals surface area contributed by atoms with Crippen LogP contribution in [-0.2, 0) is 6.54 Å². The summed E-state index contributed by atoms with van der Waals surface area (Å²) in [5.41, 5.74) is 6.02. The fourth-order valence-corrected chi connectivity index (χ4v) is 4.68. The number of nitrogens with one attached hydrogen (secondary N) is 2. The first-order valence-corrected chi connectivity index (χ1v) is 11.3. The Labute approximate surface area is 190 Å². The molecule has 0 aromatic heterocycles. The first-order valence-electron chi connectivity index (χ1n) is 10.0. The molecule has 3 aromatic carbocycles. The molecule has 1 amide bonds. The van der Waals surface area contributed by atoms with Gasteiger partial charge in [-0.2, -0.15) is 4.83 Å². The molecule has 0 saturated carbocycles. The smallest absolute Gasteiger partial charge is 0.269 e. The fourth-order valence-electron chi connectivity index (χ4n) is 3.58. The van der Waals surface area contributed by atoms with Crippen LogP contribution >= 0.6 is 23.5 Å². The largest absolute Gasteiger partial charge is 0.297 e. The third kappa shape index (κ3) is 5.46. The summed E-state index contributed by atoms with van der Waals surface area (Å²) in [6.07, 6.45) is 0. The number of likely N-dealkylation sites (tertiary alicyclic amines) is 1. The highest BCUT2D eigenvalue weighted by Crippen LogP contribution is 2.25. The molecule has 0 radical (unpaired) electrons. The van der Waals surface area contributed by atoms with Gasteiger partial charge >= 0.3 is 0 Å². The highest BCUT2D eigenvalue weighted by molar-refractivity contribution is 7.98. The van der Waals surface area contributed by atoms with E-state index < -0.39 is 11.7 Å². The minimum atomic E-state index is -0.500. The molecule has 1 aliphatic rings. The van der Waals surface area contributed by atoms with Gasteiger partial charge in [-0.1, -0.05) is 66.0 Å². The van der Waals surface area contributed by atoms with E-state index in [1.54, 1.807) is 19.1 Å². The number of halogens is 2. The number of carbonyl (C=O) groups is 1. The number of hydrazine groups is 1. The van der Waals surface area contributed by atoms with Gasteiger partial charge in [0.05, 0.1) is 5.56 Å². The molecule has 2 N–H and O–H groups in total. The van der Waals surface area contributed by atoms with E-state index in [2.05, 4.69) is 21.2 Å². The lowest BCUT2D eigenvalue weighted by molar-refractivity contribution is 0.0942. The van der Waals surface area contributed by atoms with Crippen LogP contribution in [0.3, 0.4) is 0 Å². The van der Waals surface area contributed by atoms with Gasteiger partial charge < -0.3 is 0 Å². The van der Waals surface area contributed by atoms with Crippen molar-refractivity contribution in [2.24, 2.45) is 0 Å². The van der Waals surface area contributed by atoms with Crippen LogP contribution in [0.25, 0.3) is 11.1 Å². The Morgan fingerprint density at radius 1 is 1.10 bits per heavy atom. The van der Waals surface area contributed by atoms with Gasteiger partial charge in [0.15, 0.2) is 0 Å². The summed E-state index contributed by atoms with van der Waals surface area (Å²) in [4.78, 5) is 17.8. The maximum Gasteiger partial charge on any atom is 0.269 e. The average molecular weight is 456 g/mol. The molecule has 0 spiro atoms. The Morgan fingerprint density at radius 2 is 1.87 bits per heavy atom. The molecule has 1 saturated heterocycles. The summed E-state index contributed by atoms with van der Waals surface area (Å²) >= 11 is 7.47. The lowest BCUT2D eigenvalue weighted by atomic mass is 9.99. The lowest BCUT2D eigenvalue weighted by Gasteiger charge is -2.38. The fraction of sp³-hybridized carbons (Fsp3) is 0.208. The first kappa shape index (κ1) is 21.8. The second-order valence-electron chi connectivity index (χ2n) is 7.64. The van der Waals surface area contributed by atoms with Crippen LogP contribution in [0.5, 0.6) is 0 Å². The third-order valence-corrected chi connectivity index (χ3v) is 6.30.